The minimum Gasteiger partial charge on any atom is -0.368 e. The van der Waals surface area contributed by atoms with E-state index in [0.29, 0.717) is 39.1 Å². The number of halogens is 2. The fourth-order valence-corrected chi connectivity index (χ4v) is 4.39. The van der Waals surface area contributed by atoms with E-state index < -0.39 is 11.7 Å². The van der Waals surface area contributed by atoms with Crippen molar-refractivity contribution in [1.29, 1.82) is 0 Å². The molecule has 128 valence electrons. The number of aryl methyl sites for hydroxylation is 1. The molecule has 2 fully saturated rings. The lowest BCUT2D eigenvalue weighted by Crippen LogP contribution is -2.40. The molecule has 0 radical (unpaired) electrons. The smallest absolute Gasteiger partial charge is 0.250 e. The van der Waals surface area contributed by atoms with Crippen LogP contribution in [0.3, 0.4) is 0 Å². The average molecular weight is 351 g/mol. The summed E-state index contributed by atoms with van der Waals surface area (Å²) in [4.78, 5) is 16.9. The summed E-state index contributed by atoms with van der Waals surface area (Å²) in [6.07, 6.45) is 1.02. The number of benzene rings is 1. The van der Waals surface area contributed by atoms with Crippen LogP contribution < -0.4 is 16.0 Å². The number of rotatable bonds is 2. The summed E-state index contributed by atoms with van der Waals surface area (Å²) >= 11 is 6.44. The molecule has 24 heavy (non-hydrogen) atoms. The minimum absolute atomic E-state index is 0.138. The molecular formula is C17H20ClFN4O. The van der Waals surface area contributed by atoms with Gasteiger partial charge in [-0.05, 0) is 44.3 Å². The zero-order valence-electron chi connectivity index (χ0n) is 13.5. The number of fused-ring (bicyclic) bond motifs is 2. The maximum atomic E-state index is 14.9. The Balaban J connectivity index is 1.87. The lowest BCUT2D eigenvalue weighted by Gasteiger charge is -2.36. The number of piperidine rings is 1. The Labute approximate surface area is 144 Å². The van der Waals surface area contributed by atoms with Crippen molar-refractivity contribution >= 4 is 34.1 Å². The molecule has 0 aliphatic carbocycles. The Morgan fingerprint density at radius 1 is 1.42 bits per heavy atom. The van der Waals surface area contributed by atoms with Gasteiger partial charge in [0.2, 0.25) is 0 Å². The molecule has 4 N–H and O–H groups in total. The van der Waals surface area contributed by atoms with Crippen LogP contribution >= 0.6 is 11.6 Å². The van der Waals surface area contributed by atoms with Gasteiger partial charge >= 0.3 is 0 Å². The normalized spacial score (nSPS) is 23.7. The first-order valence-electron chi connectivity index (χ1n) is 8.23. The van der Waals surface area contributed by atoms with E-state index in [1.54, 1.807) is 0 Å². The number of amides is 1. The van der Waals surface area contributed by atoms with Crippen molar-refractivity contribution in [2.45, 2.75) is 13.3 Å². The van der Waals surface area contributed by atoms with Gasteiger partial charge in [0.25, 0.3) is 5.91 Å². The molecule has 0 spiro atoms. The van der Waals surface area contributed by atoms with Crippen molar-refractivity contribution < 1.29 is 9.18 Å². The molecule has 0 saturated carbocycles. The maximum absolute atomic E-state index is 14.9. The third-order valence-corrected chi connectivity index (χ3v) is 5.87. The number of anilines is 1. The molecule has 1 aromatic carbocycles. The van der Waals surface area contributed by atoms with Crippen molar-refractivity contribution in [3.8, 4) is 0 Å². The van der Waals surface area contributed by atoms with E-state index in [1.807, 2.05) is 6.92 Å². The number of carbonyl (C=O) groups excluding carboxylic acids is 1. The largest absolute Gasteiger partial charge is 0.368 e. The van der Waals surface area contributed by atoms with Gasteiger partial charge in [-0.25, -0.2) is 4.39 Å². The number of carbonyl (C=O) groups is 1. The number of aromatic amines is 1. The van der Waals surface area contributed by atoms with Crippen LogP contribution in [0.25, 0.3) is 10.9 Å². The topological polar surface area (TPSA) is 74.2 Å². The fourth-order valence-electron chi connectivity index (χ4n) is 4.15. The Kier molecular flexibility index (Phi) is 3.69. The summed E-state index contributed by atoms with van der Waals surface area (Å²) in [6, 6.07) is 1.23. The van der Waals surface area contributed by atoms with Crippen molar-refractivity contribution in [2.75, 3.05) is 31.1 Å². The monoisotopic (exact) mass is 350 g/mol. The second-order valence-corrected chi connectivity index (χ2v) is 7.22. The molecule has 3 heterocycles. The number of aromatic nitrogens is 1. The van der Waals surface area contributed by atoms with Gasteiger partial charge in [-0.1, -0.05) is 11.6 Å². The quantitative estimate of drug-likeness (QED) is 0.778. The van der Waals surface area contributed by atoms with Gasteiger partial charge < -0.3 is 20.9 Å². The highest BCUT2D eigenvalue weighted by Crippen LogP contribution is 2.41. The summed E-state index contributed by atoms with van der Waals surface area (Å²) in [5, 5.41) is 4.43. The van der Waals surface area contributed by atoms with Crippen molar-refractivity contribution in [3.05, 3.63) is 28.2 Å². The third-order valence-electron chi connectivity index (χ3n) is 5.40. The van der Waals surface area contributed by atoms with Crippen molar-refractivity contribution in [1.82, 2.24) is 10.3 Å². The summed E-state index contributed by atoms with van der Waals surface area (Å²) < 4.78 is 14.9. The Morgan fingerprint density at radius 2 is 2.17 bits per heavy atom. The lowest BCUT2D eigenvalue weighted by molar-refractivity contribution is 0.100. The fraction of sp³-hybridized carbons (Fsp3) is 0.471. The highest BCUT2D eigenvalue weighted by atomic mass is 35.5. The summed E-state index contributed by atoms with van der Waals surface area (Å²) in [5.41, 5.74) is 7.26. The van der Waals surface area contributed by atoms with E-state index in [0.717, 1.165) is 32.6 Å². The van der Waals surface area contributed by atoms with Crippen LogP contribution in [-0.2, 0) is 0 Å². The van der Waals surface area contributed by atoms with E-state index in [4.69, 9.17) is 17.3 Å². The van der Waals surface area contributed by atoms with Crippen LogP contribution in [0.5, 0.6) is 0 Å². The Hall–Kier alpha value is -1.79. The Morgan fingerprint density at radius 3 is 2.92 bits per heavy atom. The van der Waals surface area contributed by atoms with E-state index in [1.165, 1.54) is 6.07 Å². The van der Waals surface area contributed by atoms with Crippen LogP contribution in [0.1, 0.15) is 22.5 Å². The van der Waals surface area contributed by atoms with Gasteiger partial charge in [-0.15, -0.1) is 0 Å². The first-order valence-corrected chi connectivity index (χ1v) is 8.61. The summed E-state index contributed by atoms with van der Waals surface area (Å²) in [6.45, 7) is 5.39. The second kappa shape index (κ2) is 5.63. The van der Waals surface area contributed by atoms with Gasteiger partial charge in [-0.2, -0.15) is 0 Å². The van der Waals surface area contributed by atoms with E-state index in [9.17, 15) is 9.18 Å². The van der Waals surface area contributed by atoms with E-state index in [-0.39, 0.29) is 5.56 Å². The SMILES string of the molecule is Cc1[nH]c2c(C(N)=O)cc(F)c(N3CC[C@@H]4CNC[C@H]4C3)c2c1Cl. The second-order valence-electron chi connectivity index (χ2n) is 6.85. The molecule has 2 atom stereocenters. The number of nitrogens with two attached hydrogens (primary N) is 1. The van der Waals surface area contributed by atoms with Gasteiger partial charge in [0.15, 0.2) is 0 Å². The molecule has 1 amide bonds. The van der Waals surface area contributed by atoms with Crippen LogP contribution in [0, 0.1) is 24.6 Å². The Bertz CT molecular complexity index is 834. The highest BCUT2D eigenvalue weighted by Gasteiger charge is 2.35. The minimum atomic E-state index is -0.665. The van der Waals surface area contributed by atoms with Crippen LogP contribution in [0.4, 0.5) is 10.1 Å². The molecule has 2 aliphatic heterocycles. The molecule has 4 rings (SSSR count). The number of nitrogens with zero attached hydrogens (tertiary/aromatic N) is 1. The van der Waals surface area contributed by atoms with Crippen molar-refractivity contribution in [2.24, 2.45) is 17.6 Å². The maximum Gasteiger partial charge on any atom is 0.250 e. The molecule has 2 aromatic rings. The standard InChI is InChI=1S/C17H20ClFN4O/c1-8-14(18)13-15(22-8)11(17(20)24)4-12(19)16(13)23-3-2-9-5-21-6-10(9)7-23/h4,9-10,21-22H,2-3,5-7H2,1H3,(H2,20,24)/t9-,10+/m1/s1. The van der Waals surface area contributed by atoms with Gasteiger partial charge in [0, 0.05) is 24.2 Å². The van der Waals surface area contributed by atoms with Gasteiger partial charge in [0.05, 0.1) is 21.8 Å². The first kappa shape index (κ1) is 15.7. The van der Waals surface area contributed by atoms with Gasteiger partial charge in [0.1, 0.15) is 5.82 Å². The highest BCUT2D eigenvalue weighted by molar-refractivity contribution is 6.38. The number of H-pyrrole nitrogens is 1. The zero-order chi connectivity index (χ0) is 17.0. The summed E-state index contributed by atoms with van der Waals surface area (Å²) in [7, 11) is 0. The molecule has 7 heteroatoms. The van der Waals surface area contributed by atoms with Crippen LogP contribution in [-0.4, -0.2) is 37.1 Å². The molecule has 2 aliphatic rings. The summed E-state index contributed by atoms with van der Waals surface area (Å²) in [5.74, 6) is 0.0691. The first-order chi connectivity index (χ1) is 11.5. The molecule has 2 saturated heterocycles. The molecule has 5 nitrogen and oxygen atoms in total. The number of hydrogen-bond donors (Lipinski definition) is 3. The number of nitrogens with one attached hydrogen (secondary N) is 2. The van der Waals surface area contributed by atoms with E-state index >= 15 is 0 Å². The van der Waals surface area contributed by atoms with Crippen LogP contribution in [0.2, 0.25) is 5.02 Å². The predicted molar refractivity (Wildman–Crippen MR) is 93.2 cm³/mol. The van der Waals surface area contributed by atoms with Crippen molar-refractivity contribution in [3.63, 3.8) is 0 Å². The number of hydrogen-bond acceptors (Lipinski definition) is 3. The predicted octanol–water partition coefficient (Wildman–Crippen LogP) is 2.41. The lowest BCUT2D eigenvalue weighted by atomic mass is 9.88. The van der Waals surface area contributed by atoms with E-state index in [2.05, 4.69) is 15.2 Å². The zero-order valence-corrected chi connectivity index (χ0v) is 14.2. The third kappa shape index (κ3) is 2.28. The number of primary amides is 1. The molecule has 1 aromatic heterocycles. The molecule has 0 unspecified atom stereocenters. The average Bonchev–Trinajstić information content (AvgIpc) is 3.12. The molecule has 0 bridgehead atoms. The van der Waals surface area contributed by atoms with Crippen LogP contribution in [0.15, 0.2) is 6.07 Å². The molecular weight excluding hydrogens is 331 g/mol. The van der Waals surface area contributed by atoms with Gasteiger partial charge in [-0.3, -0.25) is 4.79 Å².